The van der Waals surface area contributed by atoms with Gasteiger partial charge in [0.2, 0.25) is 5.91 Å². The normalized spacial score (nSPS) is 23.9. The maximum Gasteiger partial charge on any atom is 0.244 e. The van der Waals surface area contributed by atoms with Crippen LogP contribution >= 0.6 is 0 Å². The summed E-state index contributed by atoms with van der Waals surface area (Å²) < 4.78 is 0. The number of carbonyl (C=O) groups excluding carboxylic acids is 1. The van der Waals surface area contributed by atoms with Crippen molar-refractivity contribution < 1.29 is 4.79 Å². The maximum absolute atomic E-state index is 13.2. The molecule has 1 amide bonds. The maximum atomic E-state index is 13.2. The van der Waals surface area contributed by atoms with Gasteiger partial charge in [-0.1, -0.05) is 44.2 Å². The summed E-state index contributed by atoms with van der Waals surface area (Å²) in [6.45, 7) is 7.56. The zero-order valence-electron chi connectivity index (χ0n) is 14.0. The molecule has 21 heavy (non-hydrogen) atoms. The van der Waals surface area contributed by atoms with Gasteiger partial charge in [0.1, 0.15) is 6.04 Å². The Kier molecular flexibility index (Phi) is 4.72. The first-order valence-electron chi connectivity index (χ1n) is 7.91. The molecule has 1 heterocycles. The SMILES string of the molecule is CC(C)C1(C)CCCN1C(=O)C(c1ccccc1)N(C)C. The Morgan fingerprint density at radius 1 is 1.24 bits per heavy atom. The van der Waals surface area contributed by atoms with Crippen molar-refractivity contribution in [1.82, 2.24) is 9.80 Å². The van der Waals surface area contributed by atoms with Gasteiger partial charge in [-0.2, -0.15) is 0 Å². The first kappa shape index (κ1) is 16.0. The number of amides is 1. The summed E-state index contributed by atoms with van der Waals surface area (Å²) in [5.74, 6) is 0.711. The Labute approximate surface area is 128 Å². The van der Waals surface area contributed by atoms with E-state index in [9.17, 15) is 4.79 Å². The fourth-order valence-corrected chi connectivity index (χ4v) is 3.39. The van der Waals surface area contributed by atoms with E-state index in [-0.39, 0.29) is 17.5 Å². The van der Waals surface area contributed by atoms with Crippen molar-refractivity contribution in [2.75, 3.05) is 20.6 Å². The van der Waals surface area contributed by atoms with Crippen LogP contribution in [0.4, 0.5) is 0 Å². The molecular weight excluding hydrogens is 260 g/mol. The van der Waals surface area contributed by atoms with Crippen LogP contribution in [0.2, 0.25) is 0 Å². The number of carbonyl (C=O) groups is 1. The van der Waals surface area contributed by atoms with Gasteiger partial charge in [-0.15, -0.1) is 0 Å². The molecule has 1 aliphatic heterocycles. The fraction of sp³-hybridized carbons (Fsp3) is 0.611. The summed E-state index contributed by atoms with van der Waals surface area (Å²) in [5.41, 5.74) is 1.06. The van der Waals surface area contributed by atoms with Gasteiger partial charge in [0, 0.05) is 12.1 Å². The summed E-state index contributed by atoms with van der Waals surface area (Å²) in [6, 6.07) is 9.91. The highest BCUT2D eigenvalue weighted by Gasteiger charge is 2.44. The highest BCUT2D eigenvalue weighted by Crippen LogP contribution is 2.38. The molecule has 0 saturated carbocycles. The zero-order valence-corrected chi connectivity index (χ0v) is 14.0. The predicted octanol–water partition coefficient (Wildman–Crippen LogP) is 3.33. The van der Waals surface area contributed by atoms with E-state index in [1.807, 2.05) is 49.3 Å². The molecule has 1 saturated heterocycles. The molecule has 1 aromatic carbocycles. The summed E-state index contributed by atoms with van der Waals surface area (Å²) in [5, 5.41) is 0. The molecule has 2 rings (SSSR count). The van der Waals surface area contributed by atoms with Crippen LogP contribution in [0.25, 0.3) is 0 Å². The fourth-order valence-electron chi connectivity index (χ4n) is 3.39. The third-order valence-corrected chi connectivity index (χ3v) is 5.06. The van der Waals surface area contributed by atoms with E-state index in [1.54, 1.807) is 0 Å². The van der Waals surface area contributed by atoms with Crippen LogP contribution in [-0.2, 0) is 4.79 Å². The first-order valence-corrected chi connectivity index (χ1v) is 7.91. The zero-order chi connectivity index (χ0) is 15.6. The smallest absolute Gasteiger partial charge is 0.244 e. The third-order valence-electron chi connectivity index (χ3n) is 5.06. The lowest BCUT2D eigenvalue weighted by Crippen LogP contribution is -2.52. The molecule has 3 nitrogen and oxygen atoms in total. The molecule has 0 N–H and O–H groups in total. The number of likely N-dealkylation sites (tertiary alicyclic amines) is 1. The summed E-state index contributed by atoms with van der Waals surface area (Å²) >= 11 is 0. The molecule has 0 aliphatic carbocycles. The molecule has 1 aliphatic rings. The number of hydrogen-bond acceptors (Lipinski definition) is 2. The second-order valence-electron chi connectivity index (χ2n) is 6.88. The van der Waals surface area contributed by atoms with Gasteiger partial charge in [-0.3, -0.25) is 9.69 Å². The van der Waals surface area contributed by atoms with E-state index in [2.05, 4.69) is 25.7 Å². The van der Waals surface area contributed by atoms with Crippen LogP contribution in [-0.4, -0.2) is 41.9 Å². The Bertz CT molecular complexity index is 483. The Morgan fingerprint density at radius 3 is 2.38 bits per heavy atom. The predicted molar refractivity (Wildman–Crippen MR) is 87.1 cm³/mol. The number of nitrogens with zero attached hydrogens (tertiary/aromatic N) is 2. The van der Waals surface area contributed by atoms with Gasteiger partial charge in [0.15, 0.2) is 0 Å². The summed E-state index contributed by atoms with van der Waals surface area (Å²) in [4.78, 5) is 17.3. The van der Waals surface area contributed by atoms with Crippen molar-refractivity contribution in [2.45, 2.75) is 45.2 Å². The molecule has 3 heteroatoms. The summed E-state index contributed by atoms with van der Waals surface area (Å²) in [7, 11) is 3.97. The highest BCUT2D eigenvalue weighted by molar-refractivity contribution is 5.84. The third kappa shape index (κ3) is 2.98. The largest absolute Gasteiger partial charge is 0.335 e. The van der Waals surface area contributed by atoms with Gasteiger partial charge >= 0.3 is 0 Å². The molecule has 0 aromatic heterocycles. The average molecular weight is 288 g/mol. The van der Waals surface area contributed by atoms with Crippen LogP contribution < -0.4 is 0 Å². The van der Waals surface area contributed by atoms with Crippen LogP contribution in [0.1, 0.15) is 45.2 Å². The van der Waals surface area contributed by atoms with Gasteiger partial charge in [-0.25, -0.2) is 0 Å². The van der Waals surface area contributed by atoms with Gasteiger partial charge in [0.05, 0.1) is 0 Å². The number of hydrogen-bond donors (Lipinski definition) is 0. The Morgan fingerprint density at radius 2 is 1.86 bits per heavy atom. The molecule has 0 radical (unpaired) electrons. The lowest BCUT2D eigenvalue weighted by atomic mass is 9.85. The van der Waals surface area contributed by atoms with Gasteiger partial charge < -0.3 is 4.90 Å². The quantitative estimate of drug-likeness (QED) is 0.848. The van der Waals surface area contributed by atoms with Crippen LogP contribution in [0.15, 0.2) is 30.3 Å². The minimum absolute atomic E-state index is 0.0138. The van der Waals surface area contributed by atoms with Gasteiger partial charge in [0.25, 0.3) is 0 Å². The first-order chi connectivity index (χ1) is 9.88. The monoisotopic (exact) mass is 288 g/mol. The molecular formula is C18H28N2O. The average Bonchev–Trinajstić information content (AvgIpc) is 2.83. The van der Waals surface area contributed by atoms with E-state index in [1.165, 1.54) is 0 Å². The van der Waals surface area contributed by atoms with Crippen LogP contribution in [0.3, 0.4) is 0 Å². The number of likely N-dealkylation sites (N-methyl/N-ethyl adjacent to an activating group) is 1. The molecule has 116 valence electrons. The summed E-state index contributed by atoms with van der Waals surface area (Å²) in [6.07, 6.45) is 2.21. The van der Waals surface area contributed by atoms with Crippen molar-refractivity contribution in [2.24, 2.45) is 5.92 Å². The minimum atomic E-state index is -0.192. The van der Waals surface area contributed by atoms with Crippen molar-refractivity contribution >= 4 is 5.91 Å². The van der Waals surface area contributed by atoms with E-state index in [4.69, 9.17) is 0 Å². The molecule has 1 fully saturated rings. The van der Waals surface area contributed by atoms with Crippen molar-refractivity contribution in [3.05, 3.63) is 35.9 Å². The van der Waals surface area contributed by atoms with Gasteiger partial charge in [-0.05, 0) is 45.3 Å². The molecule has 2 atom stereocenters. The Balaban J connectivity index is 2.32. The number of benzene rings is 1. The van der Waals surface area contributed by atoms with E-state index in [0.29, 0.717) is 5.92 Å². The molecule has 0 bridgehead atoms. The van der Waals surface area contributed by atoms with E-state index in [0.717, 1.165) is 24.9 Å². The Hall–Kier alpha value is -1.35. The van der Waals surface area contributed by atoms with Crippen molar-refractivity contribution in [3.63, 3.8) is 0 Å². The second kappa shape index (κ2) is 6.18. The lowest BCUT2D eigenvalue weighted by Gasteiger charge is -2.41. The molecule has 0 spiro atoms. The highest BCUT2D eigenvalue weighted by atomic mass is 16.2. The lowest BCUT2D eigenvalue weighted by molar-refractivity contribution is -0.141. The van der Waals surface area contributed by atoms with Crippen LogP contribution in [0.5, 0.6) is 0 Å². The number of rotatable bonds is 4. The second-order valence-corrected chi connectivity index (χ2v) is 6.88. The molecule has 2 unspecified atom stereocenters. The van der Waals surface area contributed by atoms with E-state index < -0.39 is 0 Å². The standard InChI is InChI=1S/C18H28N2O/c1-14(2)18(3)12-9-13-20(18)17(21)16(19(4)5)15-10-7-6-8-11-15/h6-8,10-11,14,16H,9,12-13H2,1-5H3. The van der Waals surface area contributed by atoms with Crippen LogP contribution in [0, 0.1) is 5.92 Å². The van der Waals surface area contributed by atoms with Crippen molar-refractivity contribution in [1.29, 1.82) is 0 Å². The minimum Gasteiger partial charge on any atom is -0.335 e. The molecule has 1 aromatic rings. The van der Waals surface area contributed by atoms with Crippen molar-refractivity contribution in [3.8, 4) is 0 Å². The van der Waals surface area contributed by atoms with E-state index >= 15 is 0 Å². The topological polar surface area (TPSA) is 23.6 Å².